The molecule has 4 amide bonds. The smallest absolute Gasteiger partial charge is 0.315 e. The summed E-state index contributed by atoms with van der Waals surface area (Å²) in [6.45, 7) is 3.28. The van der Waals surface area contributed by atoms with Gasteiger partial charge in [0.2, 0.25) is 5.91 Å². The number of carbonyl (C=O) groups excluding carboxylic acids is 3. The number of nitrogens with one attached hydrogen (secondary N) is 3. The van der Waals surface area contributed by atoms with Gasteiger partial charge in [-0.05, 0) is 48.4 Å². The highest BCUT2D eigenvalue weighted by molar-refractivity contribution is 7.08. The van der Waals surface area contributed by atoms with E-state index in [1.807, 2.05) is 17.7 Å². The molecule has 0 saturated carbocycles. The maximum atomic E-state index is 13.0. The number of halogens is 1. The number of rotatable bonds is 8. The molecule has 2 heterocycles. The number of likely N-dealkylation sites (tertiary alicyclic amines) is 1. The van der Waals surface area contributed by atoms with Gasteiger partial charge >= 0.3 is 6.03 Å². The van der Waals surface area contributed by atoms with Crippen LogP contribution in [0.15, 0.2) is 41.1 Å². The lowest BCUT2D eigenvalue weighted by Crippen LogP contribution is -2.54. The van der Waals surface area contributed by atoms with Gasteiger partial charge in [0.15, 0.2) is 0 Å². The van der Waals surface area contributed by atoms with E-state index >= 15 is 0 Å². The predicted molar refractivity (Wildman–Crippen MR) is 122 cm³/mol. The Bertz CT molecular complexity index is 896. The third-order valence-corrected chi connectivity index (χ3v) is 6.16. The molecular formula is C23H29FN4O3S. The molecule has 1 aromatic heterocycles. The highest BCUT2D eigenvalue weighted by Crippen LogP contribution is 2.15. The lowest BCUT2D eigenvalue weighted by Gasteiger charge is -2.34. The molecule has 32 heavy (non-hydrogen) atoms. The molecule has 0 bridgehead atoms. The van der Waals surface area contributed by atoms with Crippen LogP contribution in [-0.4, -0.2) is 47.9 Å². The number of hydrogen-bond donors (Lipinski definition) is 3. The van der Waals surface area contributed by atoms with Gasteiger partial charge in [-0.15, -0.1) is 0 Å². The molecule has 3 N–H and O–H groups in total. The molecule has 9 heteroatoms. The Labute approximate surface area is 191 Å². The normalized spacial score (nSPS) is 15.1. The highest BCUT2D eigenvalue weighted by atomic mass is 32.1. The Balaban J connectivity index is 1.46. The SMILES string of the molecule is CCCC(NC(=O)NCc1ccc(F)cc1)C(=O)N1CCC(NC(=O)c2ccsc2)CC1. The van der Waals surface area contributed by atoms with E-state index in [0.29, 0.717) is 37.9 Å². The molecule has 1 atom stereocenters. The summed E-state index contributed by atoms with van der Waals surface area (Å²) in [4.78, 5) is 39.3. The number of benzene rings is 1. The van der Waals surface area contributed by atoms with E-state index in [4.69, 9.17) is 0 Å². The molecule has 0 radical (unpaired) electrons. The van der Waals surface area contributed by atoms with Crippen molar-refractivity contribution >= 4 is 29.2 Å². The Morgan fingerprint density at radius 1 is 1.16 bits per heavy atom. The van der Waals surface area contributed by atoms with Crippen LogP contribution >= 0.6 is 11.3 Å². The summed E-state index contributed by atoms with van der Waals surface area (Å²) in [7, 11) is 0. The Morgan fingerprint density at radius 2 is 1.88 bits per heavy atom. The lowest BCUT2D eigenvalue weighted by atomic mass is 10.0. The monoisotopic (exact) mass is 460 g/mol. The minimum Gasteiger partial charge on any atom is -0.349 e. The molecule has 1 aliphatic heterocycles. The largest absolute Gasteiger partial charge is 0.349 e. The number of urea groups is 1. The van der Waals surface area contributed by atoms with Crippen LogP contribution in [0.1, 0.15) is 48.5 Å². The Kier molecular flexibility index (Phi) is 8.61. The van der Waals surface area contributed by atoms with E-state index in [2.05, 4.69) is 16.0 Å². The first-order valence-corrected chi connectivity index (χ1v) is 11.8. The number of nitrogens with zero attached hydrogens (tertiary/aromatic N) is 1. The first-order chi connectivity index (χ1) is 15.5. The van der Waals surface area contributed by atoms with Gasteiger partial charge in [0.1, 0.15) is 11.9 Å². The van der Waals surface area contributed by atoms with Gasteiger partial charge in [0.05, 0.1) is 0 Å². The zero-order chi connectivity index (χ0) is 22.9. The minimum absolute atomic E-state index is 0.0306. The van der Waals surface area contributed by atoms with Crippen LogP contribution in [0.3, 0.4) is 0 Å². The first-order valence-electron chi connectivity index (χ1n) is 10.9. The highest BCUT2D eigenvalue weighted by Gasteiger charge is 2.29. The quantitative estimate of drug-likeness (QED) is 0.565. The van der Waals surface area contributed by atoms with Crippen molar-refractivity contribution in [3.63, 3.8) is 0 Å². The first kappa shape index (κ1) is 23.7. The fourth-order valence-corrected chi connectivity index (χ4v) is 4.30. The summed E-state index contributed by atoms with van der Waals surface area (Å²) in [5.74, 6) is -0.521. The fraction of sp³-hybridized carbons (Fsp3) is 0.435. The van der Waals surface area contributed by atoms with E-state index < -0.39 is 12.1 Å². The maximum absolute atomic E-state index is 13.0. The van der Waals surface area contributed by atoms with Crippen LogP contribution in [-0.2, 0) is 11.3 Å². The van der Waals surface area contributed by atoms with Crippen molar-refractivity contribution < 1.29 is 18.8 Å². The van der Waals surface area contributed by atoms with Crippen molar-refractivity contribution in [3.8, 4) is 0 Å². The van der Waals surface area contributed by atoms with Gasteiger partial charge in [-0.25, -0.2) is 9.18 Å². The van der Waals surface area contributed by atoms with Crippen molar-refractivity contribution in [2.24, 2.45) is 0 Å². The summed E-state index contributed by atoms with van der Waals surface area (Å²) in [6.07, 6.45) is 2.65. The van der Waals surface area contributed by atoms with Crippen molar-refractivity contribution in [2.75, 3.05) is 13.1 Å². The number of piperidine rings is 1. The van der Waals surface area contributed by atoms with Crippen LogP contribution in [0.2, 0.25) is 0 Å². The van der Waals surface area contributed by atoms with Gasteiger partial charge in [0, 0.05) is 36.6 Å². The number of amides is 4. The molecule has 1 aromatic carbocycles. The van der Waals surface area contributed by atoms with Crippen LogP contribution in [0.5, 0.6) is 0 Å². The van der Waals surface area contributed by atoms with Crippen LogP contribution in [0, 0.1) is 5.82 Å². The van der Waals surface area contributed by atoms with Gasteiger partial charge in [-0.1, -0.05) is 25.5 Å². The molecule has 1 saturated heterocycles. The predicted octanol–water partition coefficient (Wildman–Crippen LogP) is 3.28. The average molecular weight is 461 g/mol. The lowest BCUT2D eigenvalue weighted by molar-refractivity contribution is -0.134. The standard InChI is InChI=1S/C23H29FN4O3S/c1-2-3-20(27-23(31)25-14-16-4-6-18(24)7-5-16)22(30)28-11-8-19(9-12-28)26-21(29)17-10-13-32-15-17/h4-7,10,13,15,19-20H,2-3,8-9,11-12,14H2,1H3,(H,26,29)(H2,25,27,31). The van der Waals surface area contributed by atoms with E-state index in [1.165, 1.54) is 23.5 Å². The molecule has 0 aliphatic carbocycles. The van der Waals surface area contributed by atoms with Crippen LogP contribution in [0.4, 0.5) is 9.18 Å². The van der Waals surface area contributed by atoms with Crippen LogP contribution < -0.4 is 16.0 Å². The minimum atomic E-state index is -0.606. The van der Waals surface area contributed by atoms with Gasteiger partial charge in [0.25, 0.3) is 5.91 Å². The second kappa shape index (κ2) is 11.6. The third kappa shape index (κ3) is 6.78. The van der Waals surface area contributed by atoms with Crippen molar-refractivity contribution in [1.82, 2.24) is 20.9 Å². The summed E-state index contributed by atoms with van der Waals surface area (Å²) >= 11 is 1.48. The molecule has 0 spiro atoms. The zero-order valence-corrected chi connectivity index (χ0v) is 18.9. The number of thiophene rings is 1. The zero-order valence-electron chi connectivity index (χ0n) is 18.1. The van der Waals surface area contributed by atoms with Gasteiger partial charge in [-0.2, -0.15) is 11.3 Å². The van der Waals surface area contributed by atoms with E-state index in [9.17, 15) is 18.8 Å². The fourth-order valence-electron chi connectivity index (χ4n) is 3.67. The molecule has 1 fully saturated rings. The van der Waals surface area contributed by atoms with E-state index in [1.54, 1.807) is 23.1 Å². The molecule has 2 aromatic rings. The van der Waals surface area contributed by atoms with E-state index in [0.717, 1.165) is 12.0 Å². The molecule has 1 unspecified atom stereocenters. The van der Waals surface area contributed by atoms with E-state index in [-0.39, 0.29) is 30.2 Å². The second-order valence-electron chi connectivity index (χ2n) is 7.88. The molecule has 7 nitrogen and oxygen atoms in total. The maximum Gasteiger partial charge on any atom is 0.315 e. The van der Waals surface area contributed by atoms with Crippen molar-refractivity contribution in [2.45, 2.75) is 51.2 Å². The number of carbonyl (C=O) groups is 3. The average Bonchev–Trinajstić information content (AvgIpc) is 3.34. The Hall–Kier alpha value is -2.94. The van der Waals surface area contributed by atoms with Gasteiger partial charge in [-0.3, -0.25) is 9.59 Å². The molecule has 172 valence electrons. The summed E-state index contributed by atoms with van der Waals surface area (Å²) in [5, 5.41) is 12.2. The summed E-state index contributed by atoms with van der Waals surface area (Å²) in [6, 6.07) is 6.67. The van der Waals surface area contributed by atoms with Crippen LogP contribution in [0.25, 0.3) is 0 Å². The van der Waals surface area contributed by atoms with Crippen molar-refractivity contribution in [3.05, 3.63) is 58.0 Å². The molecule has 1 aliphatic rings. The topological polar surface area (TPSA) is 90.5 Å². The van der Waals surface area contributed by atoms with Gasteiger partial charge < -0.3 is 20.9 Å². The molecular weight excluding hydrogens is 431 g/mol. The Morgan fingerprint density at radius 3 is 2.50 bits per heavy atom. The summed E-state index contributed by atoms with van der Waals surface area (Å²) in [5.41, 5.74) is 1.43. The number of hydrogen-bond acceptors (Lipinski definition) is 4. The molecule has 3 rings (SSSR count). The second-order valence-corrected chi connectivity index (χ2v) is 8.66. The summed E-state index contributed by atoms with van der Waals surface area (Å²) < 4.78 is 13.0. The third-order valence-electron chi connectivity index (χ3n) is 5.47. The van der Waals surface area contributed by atoms with Crippen molar-refractivity contribution in [1.29, 1.82) is 0 Å².